The monoisotopic (exact) mass is 308 g/mol. The molecule has 1 aromatic carbocycles. The summed E-state index contributed by atoms with van der Waals surface area (Å²) in [4.78, 5) is 34.8. The van der Waals surface area contributed by atoms with Crippen molar-refractivity contribution in [1.82, 2.24) is 10.6 Å². The molecule has 1 aliphatic heterocycles. The third-order valence-corrected chi connectivity index (χ3v) is 3.94. The van der Waals surface area contributed by atoms with Crippen molar-refractivity contribution in [1.29, 1.82) is 0 Å². The predicted octanol–water partition coefficient (Wildman–Crippen LogP) is -0.709. The fourth-order valence-corrected chi connectivity index (χ4v) is 2.56. The number of anilines is 1. The number of para-hydroxylation sites is 1. The largest absolute Gasteiger partial charge is 0.369 e. The molecule has 1 aliphatic rings. The van der Waals surface area contributed by atoms with E-state index in [4.69, 9.17) is 5.73 Å². The van der Waals surface area contributed by atoms with Crippen LogP contribution in [0, 0.1) is 0 Å². The first-order valence-corrected chi connectivity index (χ1v) is 7.36. The summed E-state index contributed by atoms with van der Waals surface area (Å²) in [7, 11) is 0. The van der Waals surface area contributed by atoms with Gasteiger partial charge in [0.2, 0.25) is 17.7 Å². The summed E-state index contributed by atoms with van der Waals surface area (Å²) in [6, 6.07) is 6.69. The molecule has 2 rings (SSSR count). The van der Waals surface area contributed by atoms with Crippen LogP contribution in [0.2, 0.25) is 0 Å². The number of amides is 3. The van der Waals surface area contributed by atoms with Gasteiger partial charge in [-0.2, -0.15) is 0 Å². The van der Waals surface area contributed by atoms with Crippen LogP contribution in [-0.4, -0.2) is 42.6 Å². The van der Waals surface area contributed by atoms with Gasteiger partial charge in [0.25, 0.3) is 0 Å². The first kappa shape index (κ1) is 15.3. The van der Waals surface area contributed by atoms with Crippen LogP contribution >= 0.6 is 11.8 Å². The molecule has 0 spiro atoms. The van der Waals surface area contributed by atoms with Crippen molar-refractivity contribution < 1.29 is 14.4 Å². The Bertz CT molecular complexity index is 554. The molecule has 1 heterocycles. The summed E-state index contributed by atoms with van der Waals surface area (Å²) in [5.41, 5.74) is 5.74. The molecule has 1 aromatic rings. The molecule has 3 amide bonds. The van der Waals surface area contributed by atoms with E-state index in [0.717, 1.165) is 4.90 Å². The summed E-state index contributed by atoms with van der Waals surface area (Å²) < 4.78 is 0. The molecule has 21 heavy (non-hydrogen) atoms. The van der Waals surface area contributed by atoms with Gasteiger partial charge in [-0.3, -0.25) is 19.7 Å². The minimum absolute atomic E-state index is 0.121. The molecule has 1 saturated heterocycles. The Morgan fingerprint density at radius 1 is 1.38 bits per heavy atom. The number of rotatable bonds is 5. The summed E-state index contributed by atoms with van der Waals surface area (Å²) in [6.45, 7) is 0.372. The highest BCUT2D eigenvalue weighted by Crippen LogP contribution is 2.26. The average molecular weight is 308 g/mol. The molecule has 7 nitrogen and oxygen atoms in total. The van der Waals surface area contributed by atoms with E-state index in [1.54, 1.807) is 18.2 Å². The van der Waals surface area contributed by atoms with Crippen molar-refractivity contribution in [3.63, 3.8) is 0 Å². The second-order valence-electron chi connectivity index (χ2n) is 4.48. The van der Waals surface area contributed by atoms with Gasteiger partial charge in [0.1, 0.15) is 6.04 Å². The van der Waals surface area contributed by atoms with E-state index < -0.39 is 11.9 Å². The minimum atomic E-state index is -0.475. The molecule has 0 aromatic heterocycles. The number of primary amides is 1. The normalized spacial score (nSPS) is 17.9. The van der Waals surface area contributed by atoms with E-state index >= 15 is 0 Å². The van der Waals surface area contributed by atoms with Gasteiger partial charge in [0.05, 0.1) is 18.0 Å². The van der Waals surface area contributed by atoms with Gasteiger partial charge < -0.3 is 16.4 Å². The van der Waals surface area contributed by atoms with Gasteiger partial charge in [0, 0.05) is 11.4 Å². The standard InChI is InChI=1S/C13H16N4O3S/c14-11(18)7-21-10-4-2-1-3-8(10)17-13(20)9-5-16-12(19)6-15-9/h1-4,9,15H,5-7H2,(H2,14,18)(H,16,19)(H,17,20). The maximum absolute atomic E-state index is 12.1. The highest BCUT2D eigenvalue weighted by Gasteiger charge is 2.24. The highest BCUT2D eigenvalue weighted by molar-refractivity contribution is 8.00. The summed E-state index contributed by atoms with van der Waals surface area (Å²) in [5.74, 6) is -0.638. The lowest BCUT2D eigenvalue weighted by Crippen LogP contribution is -2.56. The van der Waals surface area contributed by atoms with Crippen molar-refractivity contribution in [3.05, 3.63) is 24.3 Å². The zero-order valence-electron chi connectivity index (χ0n) is 11.2. The van der Waals surface area contributed by atoms with Gasteiger partial charge in [-0.1, -0.05) is 12.1 Å². The maximum atomic E-state index is 12.1. The topological polar surface area (TPSA) is 113 Å². The van der Waals surface area contributed by atoms with E-state index in [0.29, 0.717) is 5.69 Å². The van der Waals surface area contributed by atoms with Crippen LogP contribution in [0.3, 0.4) is 0 Å². The number of benzene rings is 1. The van der Waals surface area contributed by atoms with Crippen molar-refractivity contribution >= 4 is 35.2 Å². The Kier molecular flexibility index (Phi) is 5.18. The fraction of sp³-hybridized carbons (Fsp3) is 0.308. The number of carbonyl (C=O) groups is 3. The zero-order chi connectivity index (χ0) is 15.2. The second-order valence-corrected chi connectivity index (χ2v) is 5.50. The molecule has 1 fully saturated rings. The molecule has 0 aliphatic carbocycles. The molecule has 112 valence electrons. The Hall–Kier alpha value is -2.06. The van der Waals surface area contributed by atoms with E-state index in [2.05, 4.69) is 16.0 Å². The zero-order valence-corrected chi connectivity index (χ0v) is 12.0. The van der Waals surface area contributed by atoms with E-state index in [9.17, 15) is 14.4 Å². The van der Waals surface area contributed by atoms with Crippen molar-refractivity contribution in [3.8, 4) is 0 Å². The molecule has 0 saturated carbocycles. The Balaban J connectivity index is 2.00. The number of thioether (sulfide) groups is 1. The van der Waals surface area contributed by atoms with Crippen molar-refractivity contribution in [2.24, 2.45) is 5.73 Å². The van der Waals surface area contributed by atoms with E-state index in [1.807, 2.05) is 6.07 Å². The predicted molar refractivity (Wildman–Crippen MR) is 79.8 cm³/mol. The fourth-order valence-electron chi connectivity index (χ4n) is 1.82. The third-order valence-electron chi connectivity index (χ3n) is 2.84. The summed E-state index contributed by atoms with van der Waals surface area (Å²) in [5, 5.41) is 8.27. The molecule has 5 N–H and O–H groups in total. The number of piperazine rings is 1. The first-order chi connectivity index (χ1) is 10.1. The molecular formula is C13H16N4O3S. The lowest BCUT2D eigenvalue weighted by molar-refractivity contribution is -0.124. The number of nitrogens with two attached hydrogens (primary N) is 1. The van der Waals surface area contributed by atoms with Gasteiger partial charge in [-0.15, -0.1) is 11.8 Å². The Morgan fingerprint density at radius 2 is 2.14 bits per heavy atom. The number of hydrogen-bond acceptors (Lipinski definition) is 5. The van der Waals surface area contributed by atoms with Crippen molar-refractivity contribution in [2.45, 2.75) is 10.9 Å². The molecule has 0 bridgehead atoms. The van der Waals surface area contributed by atoms with Crippen LogP contribution < -0.4 is 21.7 Å². The number of nitrogens with one attached hydrogen (secondary N) is 3. The van der Waals surface area contributed by atoms with Gasteiger partial charge >= 0.3 is 0 Å². The minimum Gasteiger partial charge on any atom is -0.369 e. The van der Waals surface area contributed by atoms with Gasteiger partial charge in [-0.25, -0.2) is 0 Å². The third kappa shape index (κ3) is 4.47. The van der Waals surface area contributed by atoms with Crippen molar-refractivity contribution in [2.75, 3.05) is 24.2 Å². The van der Waals surface area contributed by atoms with Crippen LogP contribution in [0.1, 0.15) is 0 Å². The van der Waals surface area contributed by atoms with Crippen LogP contribution in [0.4, 0.5) is 5.69 Å². The lowest BCUT2D eigenvalue weighted by atomic mass is 10.2. The summed E-state index contributed by atoms with van der Waals surface area (Å²) in [6.07, 6.45) is 0. The van der Waals surface area contributed by atoms with Crippen LogP contribution in [-0.2, 0) is 14.4 Å². The number of hydrogen-bond donors (Lipinski definition) is 4. The number of carbonyl (C=O) groups excluding carboxylic acids is 3. The first-order valence-electron chi connectivity index (χ1n) is 6.37. The molecule has 1 atom stereocenters. The lowest BCUT2D eigenvalue weighted by Gasteiger charge is -2.23. The molecule has 0 radical (unpaired) electrons. The Labute approximate surface area is 126 Å². The van der Waals surface area contributed by atoms with E-state index in [-0.39, 0.29) is 30.7 Å². The Morgan fingerprint density at radius 3 is 2.81 bits per heavy atom. The molecular weight excluding hydrogens is 292 g/mol. The molecule has 8 heteroatoms. The highest BCUT2D eigenvalue weighted by atomic mass is 32.2. The van der Waals surface area contributed by atoms with E-state index in [1.165, 1.54) is 11.8 Å². The quantitative estimate of drug-likeness (QED) is 0.537. The average Bonchev–Trinajstić information content (AvgIpc) is 2.47. The van der Waals surface area contributed by atoms with Crippen LogP contribution in [0.25, 0.3) is 0 Å². The van der Waals surface area contributed by atoms with Gasteiger partial charge in [-0.05, 0) is 12.1 Å². The SMILES string of the molecule is NC(=O)CSc1ccccc1NC(=O)C1CNC(=O)CN1. The van der Waals surface area contributed by atoms with Crippen LogP contribution in [0.15, 0.2) is 29.2 Å². The smallest absolute Gasteiger partial charge is 0.243 e. The van der Waals surface area contributed by atoms with Crippen LogP contribution in [0.5, 0.6) is 0 Å². The van der Waals surface area contributed by atoms with Gasteiger partial charge in [0.15, 0.2) is 0 Å². The molecule has 1 unspecified atom stereocenters. The maximum Gasteiger partial charge on any atom is 0.243 e. The summed E-state index contributed by atoms with van der Waals surface area (Å²) >= 11 is 1.26. The second kappa shape index (κ2) is 7.09.